The van der Waals surface area contributed by atoms with Gasteiger partial charge in [0.2, 0.25) is 5.91 Å². The van der Waals surface area contributed by atoms with Gasteiger partial charge in [0.15, 0.2) is 5.16 Å². The van der Waals surface area contributed by atoms with Gasteiger partial charge in [-0.1, -0.05) is 11.8 Å². The molecule has 1 fully saturated rings. The molecule has 1 atom stereocenters. The lowest BCUT2D eigenvalue weighted by molar-refractivity contribution is -0.119. The second-order valence-electron chi connectivity index (χ2n) is 6.52. The summed E-state index contributed by atoms with van der Waals surface area (Å²) in [6.45, 7) is 6.70. The lowest BCUT2D eigenvalue weighted by Gasteiger charge is -2.34. The average molecular weight is 340 g/mol. The van der Waals surface area contributed by atoms with E-state index in [9.17, 15) is 9.59 Å². The Morgan fingerprint density at radius 2 is 2.30 bits per heavy atom. The van der Waals surface area contributed by atoms with Crippen LogP contribution in [0.5, 0.6) is 0 Å². The SMILES string of the molecule is CC(C)(C)OC(=O)N1CCC[C@@H](NC(=O)CSc2ncc[nH]2)C1. The molecule has 2 rings (SSSR count). The Bertz CT molecular complexity index is 527. The Labute approximate surface area is 140 Å². The first-order valence-electron chi connectivity index (χ1n) is 7.73. The highest BCUT2D eigenvalue weighted by atomic mass is 32.2. The number of piperidine rings is 1. The molecule has 0 radical (unpaired) electrons. The summed E-state index contributed by atoms with van der Waals surface area (Å²) >= 11 is 1.35. The molecular weight excluding hydrogens is 316 g/mol. The number of aromatic amines is 1. The van der Waals surface area contributed by atoms with E-state index in [2.05, 4.69) is 15.3 Å². The third-order valence-electron chi connectivity index (χ3n) is 3.25. The van der Waals surface area contributed by atoms with Crippen molar-refractivity contribution in [2.24, 2.45) is 0 Å². The number of imidazole rings is 1. The summed E-state index contributed by atoms with van der Waals surface area (Å²) in [5, 5.41) is 3.70. The fourth-order valence-corrected chi connectivity index (χ4v) is 2.96. The van der Waals surface area contributed by atoms with Gasteiger partial charge in [-0.05, 0) is 33.6 Å². The second kappa shape index (κ2) is 7.72. The summed E-state index contributed by atoms with van der Waals surface area (Å²) in [6, 6.07) is -0.0269. The Morgan fingerprint density at radius 3 is 2.96 bits per heavy atom. The van der Waals surface area contributed by atoms with Crippen molar-refractivity contribution < 1.29 is 14.3 Å². The summed E-state index contributed by atoms with van der Waals surface area (Å²) < 4.78 is 5.38. The molecule has 0 unspecified atom stereocenters. The molecule has 2 heterocycles. The molecule has 8 heteroatoms. The van der Waals surface area contributed by atoms with Crippen molar-refractivity contribution in [1.29, 1.82) is 0 Å². The number of carbonyl (C=O) groups is 2. The topological polar surface area (TPSA) is 87.3 Å². The van der Waals surface area contributed by atoms with Crippen molar-refractivity contribution in [3.05, 3.63) is 12.4 Å². The van der Waals surface area contributed by atoms with Crippen LogP contribution in [-0.4, -0.2) is 57.4 Å². The quantitative estimate of drug-likeness (QED) is 0.819. The number of thioether (sulfide) groups is 1. The number of rotatable bonds is 4. The standard InChI is InChI=1S/C15H24N4O3S/c1-15(2,3)22-14(21)19-8-4-5-11(9-19)18-12(20)10-23-13-16-6-7-17-13/h6-7,11H,4-5,8-10H2,1-3H3,(H,16,17)(H,18,20)/t11-/m1/s1. The lowest BCUT2D eigenvalue weighted by atomic mass is 10.1. The molecule has 0 saturated carbocycles. The molecule has 128 valence electrons. The van der Waals surface area contributed by atoms with Gasteiger partial charge in [-0.15, -0.1) is 0 Å². The summed E-state index contributed by atoms with van der Waals surface area (Å²) in [5.74, 6) is 0.249. The summed E-state index contributed by atoms with van der Waals surface area (Å²) in [4.78, 5) is 32.8. The second-order valence-corrected chi connectivity index (χ2v) is 7.48. The van der Waals surface area contributed by atoms with Crippen LogP contribution in [0, 0.1) is 0 Å². The third-order valence-corrected chi connectivity index (χ3v) is 4.15. The van der Waals surface area contributed by atoms with E-state index < -0.39 is 5.60 Å². The van der Waals surface area contributed by atoms with E-state index >= 15 is 0 Å². The zero-order chi connectivity index (χ0) is 16.9. The minimum Gasteiger partial charge on any atom is -0.444 e. The number of hydrogen-bond acceptors (Lipinski definition) is 5. The Hall–Kier alpha value is -1.70. The molecule has 1 aromatic rings. The van der Waals surface area contributed by atoms with E-state index in [0.717, 1.165) is 18.0 Å². The number of aromatic nitrogens is 2. The van der Waals surface area contributed by atoms with E-state index in [-0.39, 0.29) is 18.0 Å². The summed E-state index contributed by atoms with van der Waals surface area (Å²) in [7, 11) is 0. The maximum absolute atomic E-state index is 12.1. The number of nitrogens with zero attached hydrogens (tertiary/aromatic N) is 2. The van der Waals surface area contributed by atoms with E-state index in [1.165, 1.54) is 11.8 Å². The minimum absolute atomic E-state index is 0.0269. The molecule has 0 bridgehead atoms. The molecule has 0 aromatic carbocycles. The lowest BCUT2D eigenvalue weighted by Crippen LogP contribution is -2.51. The number of amides is 2. The van der Waals surface area contributed by atoms with Crippen LogP contribution in [-0.2, 0) is 9.53 Å². The Balaban J connectivity index is 1.77. The maximum atomic E-state index is 12.1. The van der Waals surface area contributed by atoms with E-state index in [1.54, 1.807) is 17.3 Å². The highest BCUT2D eigenvalue weighted by molar-refractivity contribution is 7.99. The first-order chi connectivity index (χ1) is 10.8. The number of H-pyrrole nitrogens is 1. The van der Waals surface area contributed by atoms with Crippen molar-refractivity contribution in [3.63, 3.8) is 0 Å². The van der Waals surface area contributed by atoms with Crippen molar-refractivity contribution >= 4 is 23.8 Å². The molecule has 0 aliphatic carbocycles. The molecule has 1 aliphatic rings. The number of ether oxygens (including phenoxy) is 1. The van der Waals surface area contributed by atoms with Gasteiger partial charge in [0.25, 0.3) is 0 Å². The zero-order valence-electron chi connectivity index (χ0n) is 13.8. The molecule has 7 nitrogen and oxygen atoms in total. The highest BCUT2D eigenvalue weighted by Crippen LogP contribution is 2.16. The molecule has 2 amide bonds. The molecule has 0 spiro atoms. The van der Waals surface area contributed by atoms with Gasteiger partial charge in [0.1, 0.15) is 5.60 Å². The van der Waals surface area contributed by atoms with Gasteiger partial charge in [-0.3, -0.25) is 4.79 Å². The average Bonchev–Trinajstić information content (AvgIpc) is 2.97. The first kappa shape index (κ1) is 17.7. The highest BCUT2D eigenvalue weighted by Gasteiger charge is 2.28. The molecular formula is C15H24N4O3S. The smallest absolute Gasteiger partial charge is 0.410 e. The monoisotopic (exact) mass is 340 g/mol. The van der Waals surface area contributed by atoms with Gasteiger partial charge in [0, 0.05) is 31.5 Å². The van der Waals surface area contributed by atoms with Crippen LogP contribution in [0.4, 0.5) is 4.79 Å². The zero-order valence-corrected chi connectivity index (χ0v) is 14.6. The van der Waals surface area contributed by atoms with Crippen LogP contribution in [0.3, 0.4) is 0 Å². The minimum atomic E-state index is -0.507. The predicted molar refractivity (Wildman–Crippen MR) is 88.3 cm³/mol. The normalized spacial score (nSPS) is 18.6. The van der Waals surface area contributed by atoms with Crippen LogP contribution in [0.2, 0.25) is 0 Å². The molecule has 2 N–H and O–H groups in total. The predicted octanol–water partition coefficient (Wildman–Crippen LogP) is 2.02. The van der Waals surface area contributed by atoms with Crippen molar-refractivity contribution in [2.45, 2.75) is 50.4 Å². The van der Waals surface area contributed by atoms with E-state index in [0.29, 0.717) is 18.8 Å². The van der Waals surface area contributed by atoms with Crippen LogP contribution >= 0.6 is 11.8 Å². The number of likely N-dealkylation sites (tertiary alicyclic amines) is 1. The van der Waals surface area contributed by atoms with E-state index in [1.807, 2.05) is 20.8 Å². The number of hydrogen-bond donors (Lipinski definition) is 2. The van der Waals surface area contributed by atoms with Gasteiger partial charge in [0.05, 0.1) is 5.75 Å². The number of carbonyl (C=O) groups excluding carboxylic acids is 2. The number of nitrogens with one attached hydrogen (secondary N) is 2. The summed E-state index contributed by atoms with van der Waals surface area (Å²) in [6.07, 6.45) is 4.79. The largest absolute Gasteiger partial charge is 0.444 e. The van der Waals surface area contributed by atoms with Crippen LogP contribution in [0.15, 0.2) is 17.6 Å². The first-order valence-corrected chi connectivity index (χ1v) is 8.71. The van der Waals surface area contributed by atoms with Crippen molar-refractivity contribution in [3.8, 4) is 0 Å². The van der Waals surface area contributed by atoms with Gasteiger partial charge in [-0.25, -0.2) is 9.78 Å². The molecule has 1 saturated heterocycles. The molecule has 23 heavy (non-hydrogen) atoms. The van der Waals surface area contributed by atoms with Gasteiger partial charge in [-0.2, -0.15) is 0 Å². The van der Waals surface area contributed by atoms with Crippen molar-refractivity contribution in [2.75, 3.05) is 18.8 Å². The van der Waals surface area contributed by atoms with Gasteiger partial charge < -0.3 is 19.9 Å². The van der Waals surface area contributed by atoms with Crippen LogP contribution in [0.1, 0.15) is 33.6 Å². The molecule has 1 aromatic heterocycles. The van der Waals surface area contributed by atoms with Crippen LogP contribution in [0.25, 0.3) is 0 Å². The summed E-state index contributed by atoms with van der Waals surface area (Å²) in [5.41, 5.74) is -0.507. The fraction of sp³-hybridized carbons (Fsp3) is 0.667. The third kappa shape index (κ3) is 6.13. The molecule has 1 aliphatic heterocycles. The maximum Gasteiger partial charge on any atom is 0.410 e. The van der Waals surface area contributed by atoms with Crippen LogP contribution < -0.4 is 5.32 Å². The fourth-order valence-electron chi connectivity index (χ4n) is 2.32. The Morgan fingerprint density at radius 1 is 1.52 bits per heavy atom. The van der Waals surface area contributed by atoms with Crippen molar-refractivity contribution in [1.82, 2.24) is 20.2 Å². The van der Waals surface area contributed by atoms with Gasteiger partial charge >= 0.3 is 6.09 Å². The Kier molecular flexibility index (Phi) is 5.92. The van der Waals surface area contributed by atoms with E-state index in [4.69, 9.17) is 4.74 Å².